The predicted molar refractivity (Wildman–Crippen MR) is 122 cm³/mol. The summed E-state index contributed by atoms with van der Waals surface area (Å²) in [4.78, 5) is 20.4. The Hall–Kier alpha value is -2.70. The molecule has 2 atom stereocenters. The van der Waals surface area contributed by atoms with E-state index in [1.807, 2.05) is 27.7 Å². The summed E-state index contributed by atoms with van der Waals surface area (Å²) in [6, 6.07) is 16.6. The Morgan fingerprint density at radius 3 is 1.39 bits per heavy atom. The molecule has 2 aromatic rings. The molecule has 0 heterocycles. The molecule has 2 rings (SSSR count). The summed E-state index contributed by atoms with van der Waals surface area (Å²) in [6.45, 7) is 9.76. The van der Waals surface area contributed by atoms with Crippen molar-refractivity contribution in [2.75, 3.05) is 0 Å². The molecule has 0 amide bonds. The molecule has 0 bridgehead atoms. The molecule has 0 aliphatic carbocycles. The number of aliphatic hydroxyl groups excluding tert-OH is 1. The van der Waals surface area contributed by atoms with Crippen LogP contribution in [-0.2, 0) is 0 Å². The minimum Gasteiger partial charge on any atom is -0.478 e. The molecule has 2 aromatic carbocycles. The van der Waals surface area contributed by atoms with Crippen molar-refractivity contribution >= 4 is 11.9 Å². The molecule has 0 fully saturated rings. The van der Waals surface area contributed by atoms with Crippen molar-refractivity contribution in [3.05, 3.63) is 71.8 Å². The zero-order chi connectivity index (χ0) is 24.1. The Morgan fingerprint density at radius 2 is 1.16 bits per heavy atom. The molecule has 4 N–H and O–H groups in total. The van der Waals surface area contributed by atoms with Crippen molar-refractivity contribution in [3.63, 3.8) is 0 Å². The monoisotopic (exact) mass is 432 g/mol. The van der Waals surface area contributed by atoms with Crippen molar-refractivity contribution in [3.8, 4) is 0 Å². The number of hydrogen-bond donors (Lipinski definition) is 4. The summed E-state index contributed by atoms with van der Waals surface area (Å²) in [6.07, 6.45) is 2.14. The van der Waals surface area contributed by atoms with E-state index >= 15 is 0 Å². The van der Waals surface area contributed by atoms with Crippen LogP contribution in [0.25, 0.3) is 0 Å². The van der Waals surface area contributed by atoms with Gasteiger partial charge in [-0.25, -0.2) is 9.59 Å². The van der Waals surface area contributed by atoms with Crippen LogP contribution in [-0.4, -0.2) is 44.1 Å². The highest BCUT2D eigenvalue weighted by Crippen LogP contribution is 2.34. The Morgan fingerprint density at radius 1 is 0.806 bits per heavy atom. The number of carbonyl (C=O) groups is 2. The van der Waals surface area contributed by atoms with Gasteiger partial charge in [-0.2, -0.15) is 0 Å². The minimum atomic E-state index is -0.879. The lowest BCUT2D eigenvalue weighted by atomic mass is 9.75. The smallest absolute Gasteiger partial charge is 0.335 e. The highest BCUT2D eigenvalue weighted by atomic mass is 16.4. The van der Waals surface area contributed by atoms with Crippen LogP contribution >= 0.6 is 0 Å². The van der Waals surface area contributed by atoms with E-state index < -0.39 is 17.5 Å². The van der Waals surface area contributed by atoms with Gasteiger partial charge in [0.25, 0.3) is 0 Å². The minimum absolute atomic E-state index is 0.0916. The first-order valence-corrected chi connectivity index (χ1v) is 10.2. The largest absolute Gasteiger partial charge is 0.478 e. The Kier molecular flexibility index (Phi) is 12.4. The summed E-state index contributed by atoms with van der Waals surface area (Å²) in [5.41, 5.74) is -0.0666. The zero-order valence-electron chi connectivity index (χ0n) is 19.1. The van der Waals surface area contributed by atoms with Gasteiger partial charge in [0.1, 0.15) is 0 Å². The average Bonchev–Trinajstić information content (AvgIpc) is 2.69. The summed E-state index contributed by atoms with van der Waals surface area (Å²) in [7, 11) is 0. The van der Waals surface area contributed by atoms with Crippen LogP contribution in [0.3, 0.4) is 0 Å². The lowest BCUT2D eigenvalue weighted by Crippen LogP contribution is -2.39. The maximum atomic E-state index is 10.2. The molecule has 0 radical (unpaired) electrons. The van der Waals surface area contributed by atoms with Crippen LogP contribution < -0.4 is 0 Å². The molecule has 0 saturated heterocycles. The number of hydrogen-bond acceptors (Lipinski definition) is 4. The summed E-state index contributed by atoms with van der Waals surface area (Å²) in [5, 5.41) is 35.9. The van der Waals surface area contributed by atoms with Gasteiger partial charge in [0.05, 0.1) is 22.8 Å². The Bertz CT molecular complexity index is 712. The highest BCUT2D eigenvalue weighted by molar-refractivity contribution is 5.87. The van der Waals surface area contributed by atoms with Crippen molar-refractivity contribution in [2.24, 2.45) is 5.41 Å². The third-order valence-corrected chi connectivity index (χ3v) is 4.94. The van der Waals surface area contributed by atoms with E-state index in [4.69, 9.17) is 15.3 Å². The number of aromatic carboxylic acids is 2. The average molecular weight is 433 g/mol. The number of carboxylic acids is 2. The van der Waals surface area contributed by atoms with E-state index in [0.717, 1.165) is 19.3 Å². The van der Waals surface area contributed by atoms with E-state index in [0.29, 0.717) is 11.1 Å². The lowest BCUT2D eigenvalue weighted by molar-refractivity contribution is -0.0510. The van der Waals surface area contributed by atoms with Gasteiger partial charge in [0, 0.05) is 0 Å². The van der Waals surface area contributed by atoms with Gasteiger partial charge in [-0.1, -0.05) is 57.2 Å². The topological polar surface area (TPSA) is 115 Å². The fourth-order valence-electron chi connectivity index (χ4n) is 2.28. The molecular formula is C25H36O6. The third kappa shape index (κ3) is 12.6. The van der Waals surface area contributed by atoms with Gasteiger partial charge in [-0.15, -0.1) is 0 Å². The van der Waals surface area contributed by atoms with Crippen molar-refractivity contribution in [1.82, 2.24) is 0 Å². The maximum Gasteiger partial charge on any atom is 0.335 e. The second kappa shape index (κ2) is 13.6. The molecular weight excluding hydrogens is 396 g/mol. The Balaban J connectivity index is 0.000000445. The van der Waals surface area contributed by atoms with E-state index in [2.05, 4.69) is 0 Å². The summed E-state index contributed by atoms with van der Waals surface area (Å²) < 4.78 is 0. The zero-order valence-corrected chi connectivity index (χ0v) is 19.1. The van der Waals surface area contributed by atoms with Crippen LogP contribution in [0.4, 0.5) is 0 Å². The number of carboxylic acid groups (broad SMARTS) is 2. The normalized spacial score (nSPS) is 13.4. The summed E-state index contributed by atoms with van der Waals surface area (Å²) >= 11 is 0. The predicted octanol–water partition coefficient (Wildman–Crippen LogP) is 5.10. The quantitative estimate of drug-likeness (QED) is 0.504. The molecule has 6 nitrogen and oxygen atoms in total. The third-order valence-electron chi connectivity index (χ3n) is 4.94. The fraction of sp³-hybridized carbons (Fsp3) is 0.440. The van der Waals surface area contributed by atoms with Crippen LogP contribution in [0.15, 0.2) is 60.7 Å². The number of aliphatic hydroxyl groups is 2. The lowest BCUT2D eigenvalue weighted by Gasteiger charge is -2.37. The van der Waals surface area contributed by atoms with Crippen molar-refractivity contribution < 1.29 is 30.0 Å². The second-order valence-electron chi connectivity index (χ2n) is 8.61. The van der Waals surface area contributed by atoms with Crippen molar-refractivity contribution in [1.29, 1.82) is 0 Å². The summed E-state index contributed by atoms with van der Waals surface area (Å²) in [5.74, 6) is -1.76. The second-order valence-corrected chi connectivity index (χ2v) is 8.61. The highest BCUT2D eigenvalue weighted by Gasteiger charge is 2.34. The van der Waals surface area contributed by atoms with Gasteiger partial charge in [0.2, 0.25) is 0 Å². The molecule has 6 heteroatoms. The number of benzene rings is 2. The van der Waals surface area contributed by atoms with Crippen molar-refractivity contribution in [2.45, 2.75) is 65.6 Å². The van der Waals surface area contributed by atoms with E-state index in [9.17, 15) is 14.7 Å². The molecule has 0 saturated carbocycles. The van der Waals surface area contributed by atoms with E-state index in [-0.39, 0.29) is 11.5 Å². The molecule has 0 aromatic heterocycles. The molecule has 31 heavy (non-hydrogen) atoms. The molecule has 0 aliphatic heterocycles. The molecule has 2 unspecified atom stereocenters. The maximum absolute atomic E-state index is 10.2. The van der Waals surface area contributed by atoms with Gasteiger partial charge in [-0.05, 0) is 62.8 Å². The van der Waals surface area contributed by atoms with Crippen LogP contribution in [0.1, 0.15) is 74.6 Å². The van der Waals surface area contributed by atoms with Crippen LogP contribution in [0, 0.1) is 5.41 Å². The first-order chi connectivity index (χ1) is 14.3. The SMILES string of the molecule is CC(O)CCCC(C)(O)C(C)(C)C.O=C(O)c1ccccc1.O=C(O)c1ccccc1. The van der Waals surface area contributed by atoms with Gasteiger partial charge >= 0.3 is 11.9 Å². The standard InChI is InChI=1S/C11H24O2.2C7H6O2/c1-9(12)7-6-8-11(5,13)10(2,3)4;2*8-7(9)6-4-2-1-3-5-6/h9,12-13H,6-8H2,1-5H3;2*1-5H,(H,8,9). The van der Waals surface area contributed by atoms with E-state index in [1.54, 1.807) is 67.6 Å². The first kappa shape index (κ1) is 28.3. The van der Waals surface area contributed by atoms with Gasteiger partial charge in [-0.3, -0.25) is 0 Å². The fourth-order valence-corrected chi connectivity index (χ4v) is 2.28. The van der Waals surface area contributed by atoms with Gasteiger partial charge < -0.3 is 20.4 Å². The van der Waals surface area contributed by atoms with Crippen LogP contribution in [0.2, 0.25) is 0 Å². The molecule has 172 valence electrons. The van der Waals surface area contributed by atoms with Gasteiger partial charge in [0.15, 0.2) is 0 Å². The molecule has 0 spiro atoms. The Labute approximate surface area is 185 Å². The number of rotatable bonds is 6. The first-order valence-electron chi connectivity index (χ1n) is 10.2. The van der Waals surface area contributed by atoms with Crippen LogP contribution in [0.5, 0.6) is 0 Å². The van der Waals surface area contributed by atoms with E-state index in [1.165, 1.54) is 0 Å². The molecule has 0 aliphatic rings.